The Kier molecular flexibility index (Phi) is 6.34. The van der Waals surface area contributed by atoms with E-state index in [1.807, 2.05) is 32.7 Å². The Bertz CT molecular complexity index is 234. The fraction of sp³-hybridized carbons (Fsp3) is 0.923. The first-order valence-corrected chi connectivity index (χ1v) is 7.53. The van der Waals surface area contributed by atoms with Crippen LogP contribution in [-0.2, 0) is 9.53 Å². The number of hydrogen-bond donors (Lipinski definition) is 1. The van der Waals surface area contributed by atoms with Crippen LogP contribution in [-0.4, -0.2) is 24.4 Å². The van der Waals surface area contributed by atoms with E-state index in [1.54, 1.807) is 0 Å². The van der Waals surface area contributed by atoms with E-state index >= 15 is 0 Å². The Morgan fingerprint density at radius 3 is 2.59 bits per heavy atom. The second-order valence-corrected chi connectivity index (χ2v) is 6.62. The highest BCUT2D eigenvalue weighted by molar-refractivity contribution is 7.97. The lowest BCUT2D eigenvalue weighted by Crippen LogP contribution is -2.23. The van der Waals surface area contributed by atoms with Gasteiger partial charge >= 0.3 is 5.97 Å². The average molecular weight is 259 g/mol. The summed E-state index contributed by atoms with van der Waals surface area (Å²) in [5.41, 5.74) is -0.371. The molecule has 0 atom stereocenters. The van der Waals surface area contributed by atoms with Gasteiger partial charge in [0.2, 0.25) is 0 Å². The summed E-state index contributed by atoms with van der Waals surface area (Å²) in [6.45, 7) is 6.22. The maximum atomic E-state index is 11.4. The molecule has 0 aliphatic heterocycles. The minimum absolute atomic E-state index is 0.0951. The third-order valence-corrected chi connectivity index (χ3v) is 3.56. The normalized spacial score (nSPS) is 15.9. The van der Waals surface area contributed by atoms with Crippen LogP contribution in [0.5, 0.6) is 0 Å². The van der Waals surface area contributed by atoms with Crippen LogP contribution < -0.4 is 4.72 Å². The summed E-state index contributed by atoms with van der Waals surface area (Å²) in [5, 5.41) is 0. The Hall–Kier alpha value is -0.220. The van der Waals surface area contributed by atoms with Crippen molar-refractivity contribution >= 4 is 17.9 Å². The molecule has 0 unspecified atom stereocenters. The maximum Gasteiger partial charge on any atom is 0.311 e. The molecular weight excluding hydrogens is 234 g/mol. The van der Waals surface area contributed by atoms with Crippen molar-refractivity contribution < 1.29 is 9.53 Å². The molecule has 1 aliphatic carbocycles. The second kappa shape index (κ2) is 7.27. The van der Waals surface area contributed by atoms with Gasteiger partial charge in [0.05, 0.1) is 12.0 Å². The van der Waals surface area contributed by atoms with Gasteiger partial charge in [-0.05, 0) is 52.9 Å². The first-order chi connectivity index (χ1) is 8.00. The maximum absolute atomic E-state index is 11.4. The summed E-state index contributed by atoms with van der Waals surface area (Å²) >= 11 is 1.83. The molecular formula is C13H25NO2S. The molecule has 3 nitrogen and oxygen atoms in total. The number of ether oxygens (including phenoxy) is 1. The van der Waals surface area contributed by atoms with Gasteiger partial charge in [0.15, 0.2) is 0 Å². The summed E-state index contributed by atoms with van der Waals surface area (Å²) in [4.78, 5) is 11.4. The van der Waals surface area contributed by atoms with E-state index in [0.717, 1.165) is 24.6 Å². The van der Waals surface area contributed by atoms with E-state index in [2.05, 4.69) is 4.72 Å². The van der Waals surface area contributed by atoms with Gasteiger partial charge in [-0.3, -0.25) is 9.52 Å². The Morgan fingerprint density at radius 1 is 1.29 bits per heavy atom. The number of hydrogen-bond acceptors (Lipinski definition) is 4. The number of esters is 1. The van der Waals surface area contributed by atoms with Gasteiger partial charge in [-0.1, -0.05) is 11.9 Å². The smallest absolute Gasteiger partial charge is 0.311 e. The number of unbranched alkanes of at least 4 members (excludes halogenated alkanes) is 2. The number of nitrogens with one attached hydrogen (secondary N) is 1. The number of carbonyl (C=O) groups is 1. The van der Waals surface area contributed by atoms with Crippen molar-refractivity contribution in [1.82, 2.24) is 4.72 Å². The van der Waals surface area contributed by atoms with E-state index < -0.39 is 0 Å². The molecule has 1 fully saturated rings. The van der Waals surface area contributed by atoms with Crippen LogP contribution in [0.25, 0.3) is 0 Å². The fourth-order valence-electron chi connectivity index (χ4n) is 1.21. The van der Waals surface area contributed by atoms with Gasteiger partial charge in [0.25, 0.3) is 0 Å². The van der Waals surface area contributed by atoms with Gasteiger partial charge in [-0.15, -0.1) is 0 Å². The third kappa shape index (κ3) is 7.66. The van der Waals surface area contributed by atoms with Crippen LogP contribution in [0.1, 0.15) is 52.9 Å². The lowest BCUT2D eigenvalue weighted by molar-refractivity contribution is -0.153. The zero-order chi connectivity index (χ0) is 12.7. The molecule has 1 saturated carbocycles. The zero-order valence-corrected chi connectivity index (χ0v) is 12.1. The molecule has 4 heteroatoms. The molecule has 0 aromatic carbocycles. The molecule has 0 amide bonds. The first kappa shape index (κ1) is 14.8. The number of rotatable bonds is 8. The van der Waals surface area contributed by atoms with Crippen molar-refractivity contribution in [2.24, 2.45) is 5.41 Å². The molecule has 0 aromatic heterocycles. The lowest BCUT2D eigenvalue weighted by atomic mass is 9.97. The van der Waals surface area contributed by atoms with Crippen LogP contribution in [0.15, 0.2) is 0 Å². The molecule has 1 aliphatic rings. The summed E-state index contributed by atoms with van der Waals surface area (Å²) in [6, 6.07) is 0.785. The summed E-state index contributed by atoms with van der Waals surface area (Å²) < 4.78 is 8.62. The van der Waals surface area contributed by atoms with Crippen molar-refractivity contribution in [3.05, 3.63) is 0 Å². The third-order valence-electron chi connectivity index (χ3n) is 2.56. The van der Waals surface area contributed by atoms with Crippen molar-refractivity contribution in [2.45, 2.75) is 58.9 Å². The Morgan fingerprint density at radius 2 is 2.00 bits per heavy atom. The molecule has 0 bridgehead atoms. The molecule has 100 valence electrons. The van der Waals surface area contributed by atoms with Crippen LogP contribution in [0.3, 0.4) is 0 Å². The molecule has 1 N–H and O–H groups in total. The van der Waals surface area contributed by atoms with E-state index in [0.29, 0.717) is 6.61 Å². The van der Waals surface area contributed by atoms with E-state index in [4.69, 9.17) is 4.74 Å². The van der Waals surface area contributed by atoms with Crippen LogP contribution in [0, 0.1) is 5.41 Å². The predicted molar refractivity (Wildman–Crippen MR) is 72.9 cm³/mol. The predicted octanol–water partition coefficient (Wildman–Crippen LogP) is 3.15. The summed E-state index contributed by atoms with van der Waals surface area (Å²) in [6.07, 6.45) is 5.99. The number of carbonyl (C=O) groups excluding carboxylic acids is 1. The van der Waals surface area contributed by atoms with Crippen molar-refractivity contribution in [1.29, 1.82) is 0 Å². The van der Waals surface area contributed by atoms with Crippen LogP contribution in [0.4, 0.5) is 0 Å². The highest BCUT2D eigenvalue weighted by Crippen LogP contribution is 2.21. The topological polar surface area (TPSA) is 38.3 Å². The standard InChI is InChI=1S/C13H25NO2S/c1-13(2,3)12(15)16-9-5-4-6-10-17-14-11-7-8-11/h11,14H,4-10H2,1-3H3. The average Bonchev–Trinajstić information content (AvgIpc) is 3.04. The van der Waals surface area contributed by atoms with E-state index in [-0.39, 0.29) is 11.4 Å². The first-order valence-electron chi connectivity index (χ1n) is 6.54. The van der Waals surface area contributed by atoms with Crippen LogP contribution in [0.2, 0.25) is 0 Å². The highest BCUT2D eigenvalue weighted by atomic mass is 32.2. The van der Waals surface area contributed by atoms with E-state index in [9.17, 15) is 4.79 Å². The molecule has 0 radical (unpaired) electrons. The molecule has 0 aromatic rings. The molecule has 17 heavy (non-hydrogen) atoms. The minimum atomic E-state index is -0.371. The van der Waals surface area contributed by atoms with Gasteiger partial charge in [-0.2, -0.15) is 0 Å². The molecule has 0 saturated heterocycles. The van der Waals surface area contributed by atoms with E-state index in [1.165, 1.54) is 19.3 Å². The highest BCUT2D eigenvalue weighted by Gasteiger charge is 2.22. The fourth-order valence-corrected chi connectivity index (χ4v) is 2.15. The van der Waals surface area contributed by atoms with Gasteiger partial charge in [0.1, 0.15) is 0 Å². The van der Waals surface area contributed by atoms with Crippen molar-refractivity contribution in [3.8, 4) is 0 Å². The summed E-state index contributed by atoms with van der Waals surface area (Å²) in [5.74, 6) is 1.06. The van der Waals surface area contributed by atoms with Gasteiger partial charge in [-0.25, -0.2) is 0 Å². The monoisotopic (exact) mass is 259 g/mol. The Labute approximate surface area is 109 Å². The molecule has 0 spiro atoms. The summed E-state index contributed by atoms with van der Waals surface area (Å²) in [7, 11) is 0. The molecule has 1 rings (SSSR count). The SMILES string of the molecule is CC(C)(C)C(=O)OCCCCCSNC1CC1. The zero-order valence-electron chi connectivity index (χ0n) is 11.3. The second-order valence-electron chi connectivity index (χ2n) is 5.69. The van der Waals surface area contributed by atoms with Crippen molar-refractivity contribution in [2.75, 3.05) is 12.4 Å². The largest absolute Gasteiger partial charge is 0.465 e. The lowest BCUT2D eigenvalue weighted by Gasteiger charge is -2.16. The molecule has 0 heterocycles. The van der Waals surface area contributed by atoms with Crippen LogP contribution >= 0.6 is 11.9 Å². The quantitative estimate of drug-likeness (QED) is 0.413. The minimum Gasteiger partial charge on any atom is -0.465 e. The van der Waals surface area contributed by atoms with Gasteiger partial charge < -0.3 is 4.74 Å². The Balaban J connectivity index is 1.81. The van der Waals surface area contributed by atoms with Gasteiger partial charge in [0, 0.05) is 11.8 Å². The van der Waals surface area contributed by atoms with Crippen molar-refractivity contribution in [3.63, 3.8) is 0 Å².